The number of hydrogen-bond acceptors (Lipinski definition) is 4. The second-order valence-corrected chi connectivity index (χ2v) is 2.14. The molecular weight excluding hydrogens is 156 g/mol. The van der Waals surface area contributed by atoms with Crippen molar-refractivity contribution in [1.29, 1.82) is 5.26 Å². The average molecular weight is 164 g/mol. The molecule has 0 bridgehead atoms. The van der Waals surface area contributed by atoms with Crippen LogP contribution in [0.2, 0.25) is 0 Å². The number of oxime groups is 1. The zero-order chi connectivity index (χ0) is 8.97. The molecule has 0 radical (unpaired) electrons. The van der Waals surface area contributed by atoms with Gasteiger partial charge in [-0.05, 0) is 0 Å². The molecule has 0 aliphatic heterocycles. The predicted octanol–water partition coefficient (Wildman–Crippen LogP) is 0.272. The maximum Gasteiger partial charge on any atom is 0.171 e. The lowest BCUT2D eigenvalue weighted by atomic mass is 10.3. The van der Waals surface area contributed by atoms with Gasteiger partial charge in [-0.25, -0.2) is 0 Å². The van der Waals surface area contributed by atoms with Crippen LogP contribution in [0.4, 0.5) is 0 Å². The van der Waals surface area contributed by atoms with E-state index < -0.39 is 0 Å². The van der Waals surface area contributed by atoms with Gasteiger partial charge in [0.1, 0.15) is 13.2 Å². The summed E-state index contributed by atoms with van der Waals surface area (Å²) in [6, 6.07) is 1.95. The summed E-state index contributed by atoms with van der Waals surface area (Å²) in [5.74, 6) is 0. The maximum atomic E-state index is 8.60. The van der Waals surface area contributed by atoms with E-state index in [1.165, 1.54) is 13.3 Å². The molecule has 0 saturated heterocycles. The lowest BCUT2D eigenvalue weighted by Gasteiger charge is -1.83. The summed E-state index contributed by atoms with van der Waals surface area (Å²) < 4.78 is 1.55. The van der Waals surface area contributed by atoms with Crippen LogP contribution in [0.3, 0.4) is 0 Å². The second kappa shape index (κ2) is 3.53. The van der Waals surface area contributed by atoms with Crippen molar-refractivity contribution in [2.75, 3.05) is 7.11 Å². The molecule has 0 aromatic carbocycles. The van der Waals surface area contributed by atoms with Crippen LogP contribution in [0.25, 0.3) is 0 Å². The van der Waals surface area contributed by atoms with Crippen LogP contribution >= 0.6 is 0 Å². The quantitative estimate of drug-likeness (QED) is 0.465. The summed E-state index contributed by atoms with van der Waals surface area (Å²) in [6.45, 7) is 0. The molecule has 1 aromatic heterocycles. The number of aryl methyl sites for hydroxylation is 1. The van der Waals surface area contributed by atoms with Gasteiger partial charge in [0.05, 0.1) is 11.8 Å². The highest BCUT2D eigenvalue weighted by molar-refractivity contribution is 5.81. The average Bonchev–Trinajstić information content (AvgIpc) is 2.42. The summed E-state index contributed by atoms with van der Waals surface area (Å²) in [5, 5.41) is 16.0. The molecule has 0 amide bonds. The first kappa shape index (κ1) is 8.27. The van der Waals surface area contributed by atoms with E-state index in [-0.39, 0.29) is 0 Å². The number of nitriles is 1. The SMILES string of the molecule is CON=Cc1cn(C)nc1C#N. The first-order valence-electron chi connectivity index (χ1n) is 3.28. The highest BCUT2D eigenvalue weighted by atomic mass is 16.6. The monoisotopic (exact) mass is 164 g/mol. The standard InChI is InChI=1S/C7H8N4O/c1-11-5-6(4-9-12-2)7(3-8)10-11/h4-5H,1-2H3. The zero-order valence-electron chi connectivity index (χ0n) is 6.85. The Balaban J connectivity index is 2.99. The molecule has 12 heavy (non-hydrogen) atoms. The Bertz CT molecular complexity index is 334. The highest BCUT2D eigenvalue weighted by Crippen LogP contribution is 2.00. The van der Waals surface area contributed by atoms with Gasteiger partial charge in [-0.2, -0.15) is 10.4 Å². The van der Waals surface area contributed by atoms with Crippen molar-refractivity contribution in [3.05, 3.63) is 17.5 Å². The largest absolute Gasteiger partial charge is 0.399 e. The number of rotatable bonds is 2. The second-order valence-electron chi connectivity index (χ2n) is 2.14. The molecule has 1 rings (SSSR count). The third-order valence-corrected chi connectivity index (χ3v) is 1.26. The first-order valence-corrected chi connectivity index (χ1v) is 3.28. The predicted molar refractivity (Wildman–Crippen MR) is 42.5 cm³/mol. The van der Waals surface area contributed by atoms with Gasteiger partial charge in [0.15, 0.2) is 5.69 Å². The summed E-state index contributed by atoms with van der Waals surface area (Å²) in [6.07, 6.45) is 3.15. The van der Waals surface area contributed by atoms with Gasteiger partial charge in [0, 0.05) is 13.2 Å². The van der Waals surface area contributed by atoms with Gasteiger partial charge in [0.2, 0.25) is 0 Å². The third-order valence-electron chi connectivity index (χ3n) is 1.26. The molecular formula is C7H8N4O. The van der Waals surface area contributed by atoms with Gasteiger partial charge in [0.25, 0.3) is 0 Å². The fourth-order valence-electron chi connectivity index (χ4n) is 0.798. The van der Waals surface area contributed by atoms with E-state index in [0.29, 0.717) is 11.3 Å². The normalized spacial score (nSPS) is 10.1. The van der Waals surface area contributed by atoms with Crippen molar-refractivity contribution in [2.24, 2.45) is 12.2 Å². The van der Waals surface area contributed by atoms with Crippen LogP contribution in [0, 0.1) is 11.3 Å². The fraction of sp³-hybridized carbons (Fsp3) is 0.286. The Hall–Kier alpha value is -1.83. The van der Waals surface area contributed by atoms with E-state index in [0.717, 1.165) is 0 Å². The molecule has 5 nitrogen and oxygen atoms in total. The molecule has 0 aliphatic carbocycles. The van der Waals surface area contributed by atoms with Crippen LogP contribution in [-0.4, -0.2) is 23.1 Å². The highest BCUT2D eigenvalue weighted by Gasteiger charge is 2.03. The van der Waals surface area contributed by atoms with Crippen molar-refractivity contribution in [1.82, 2.24) is 9.78 Å². The summed E-state index contributed by atoms with van der Waals surface area (Å²) >= 11 is 0. The van der Waals surface area contributed by atoms with Crippen LogP contribution in [0.1, 0.15) is 11.3 Å². The Morgan fingerprint density at radius 1 is 1.83 bits per heavy atom. The zero-order valence-corrected chi connectivity index (χ0v) is 6.85. The molecule has 0 atom stereocenters. The molecule has 0 N–H and O–H groups in total. The van der Waals surface area contributed by atoms with E-state index >= 15 is 0 Å². The molecule has 1 aromatic rings. The molecule has 0 fully saturated rings. The third kappa shape index (κ3) is 1.61. The Morgan fingerprint density at radius 3 is 3.17 bits per heavy atom. The minimum absolute atomic E-state index is 0.346. The van der Waals surface area contributed by atoms with Crippen LogP contribution in [0.15, 0.2) is 11.4 Å². The van der Waals surface area contributed by atoms with E-state index in [1.807, 2.05) is 6.07 Å². The van der Waals surface area contributed by atoms with E-state index in [9.17, 15) is 0 Å². The van der Waals surface area contributed by atoms with E-state index in [1.54, 1.807) is 17.9 Å². The molecule has 0 saturated carbocycles. The summed E-state index contributed by atoms with van der Waals surface area (Å²) in [5.41, 5.74) is 1.00. The number of aromatic nitrogens is 2. The van der Waals surface area contributed by atoms with Crippen molar-refractivity contribution in [2.45, 2.75) is 0 Å². The fourth-order valence-corrected chi connectivity index (χ4v) is 0.798. The lowest BCUT2D eigenvalue weighted by Crippen LogP contribution is -1.86. The van der Waals surface area contributed by atoms with E-state index in [4.69, 9.17) is 5.26 Å². The van der Waals surface area contributed by atoms with Crippen LogP contribution in [0.5, 0.6) is 0 Å². The Morgan fingerprint density at radius 2 is 2.58 bits per heavy atom. The molecule has 0 aliphatic rings. The lowest BCUT2D eigenvalue weighted by molar-refractivity contribution is 0.215. The van der Waals surface area contributed by atoms with Crippen LogP contribution < -0.4 is 0 Å². The summed E-state index contributed by atoms with van der Waals surface area (Å²) in [4.78, 5) is 4.48. The van der Waals surface area contributed by atoms with Crippen molar-refractivity contribution < 1.29 is 4.84 Å². The Labute approximate surface area is 69.9 Å². The molecule has 0 unspecified atom stereocenters. The van der Waals surface area contributed by atoms with Gasteiger partial charge in [-0.1, -0.05) is 5.16 Å². The molecule has 1 heterocycles. The molecule has 0 spiro atoms. The van der Waals surface area contributed by atoms with Crippen LogP contribution in [-0.2, 0) is 11.9 Å². The molecule has 62 valence electrons. The maximum absolute atomic E-state index is 8.60. The van der Waals surface area contributed by atoms with Crippen molar-refractivity contribution in [3.63, 3.8) is 0 Å². The smallest absolute Gasteiger partial charge is 0.171 e. The summed E-state index contributed by atoms with van der Waals surface area (Å²) in [7, 11) is 3.18. The van der Waals surface area contributed by atoms with Gasteiger partial charge in [-0.15, -0.1) is 0 Å². The molecule has 5 heteroatoms. The van der Waals surface area contributed by atoms with Gasteiger partial charge in [-0.3, -0.25) is 4.68 Å². The number of hydrogen-bond donors (Lipinski definition) is 0. The van der Waals surface area contributed by atoms with Gasteiger partial charge < -0.3 is 4.84 Å². The number of nitrogens with zero attached hydrogens (tertiary/aromatic N) is 4. The van der Waals surface area contributed by atoms with Gasteiger partial charge >= 0.3 is 0 Å². The van der Waals surface area contributed by atoms with Crippen molar-refractivity contribution >= 4 is 6.21 Å². The minimum Gasteiger partial charge on any atom is -0.399 e. The minimum atomic E-state index is 0.346. The van der Waals surface area contributed by atoms with E-state index in [2.05, 4.69) is 15.1 Å². The topological polar surface area (TPSA) is 63.2 Å². The first-order chi connectivity index (χ1) is 5.77. The Kier molecular flexibility index (Phi) is 2.43. The van der Waals surface area contributed by atoms with Crippen molar-refractivity contribution in [3.8, 4) is 6.07 Å².